The van der Waals surface area contributed by atoms with Gasteiger partial charge in [0.05, 0.1) is 5.56 Å². The van der Waals surface area contributed by atoms with E-state index in [1.807, 2.05) is 12.2 Å². The van der Waals surface area contributed by atoms with Gasteiger partial charge < -0.3 is 4.74 Å². The van der Waals surface area contributed by atoms with Gasteiger partial charge in [0.15, 0.2) is 0 Å². The van der Waals surface area contributed by atoms with Crippen molar-refractivity contribution in [1.29, 1.82) is 0 Å². The molecule has 3 heteroatoms. The fraction of sp³-hybridized carbons (Fsp3) is 0.154. The quantitative estimate of drug-likeness (QED) is 0.712. The second-order valence-corrected chi connectivity index (χ2v) is 3.50. The molecular formula is C13H11FO2. The summed E-state index contributed by atoms with van der Waals surface area (Å²) in [5.74, 6) is -0.158. The summed E-state index contributed by atoms with van der Waals surface area (Å²) in [5, 5.41) is 0. The van der Waals surface area contributed by atoms with Crippen LogP contribution < -0.4 is 0 Å². The third kappa shape index (κ3) is 2.57. The normalized spacial score (nSPS) is 14.4. The number of benzene rings is 1. The van der Waals surface area contributed by atoms with E-state index in [2.05, 4.69) is 0 Å². The Hall–Kier alpha value is -1.90. The number of carbonyl (C=O) groups excluding carboxylic acids is 1. The molecule has 0 unspecified atom stereocenters. The lowest BCUT2D eigenvalue weighted by Gasteiger charge is -2.09. The van der Waals surface area contributed by atoms with Crippen LogP contribution in [0.1, 0.15) is 23.2 Å². The van der Waals surface area contributed by atoms with Crippen molar-refractivity contribution in [2.75, 3.05) is 0 Å². The number of esters is 1. The zero-order chi connectivity index (χ0) is 11.4. The van der Waals surface area contributed by atoms with Gasteiger partial charge in [0.1, 0.15) is 11.6 Å². The molecule has 0 N–H and O–H groups in total. The molecule has 0 saturated heterocycles. The Bertz CT molecular complexity index is 444. The predicted octanol–water partition coefficient (Wildman–Crippen LogP) is 3.22. The molecule has 1 aliphatic carbocycles. The SMILES string of the molecule is O=C(OC1=CC=CCC1)c1ccc(F)cc1. The number of rotatable bonds is 2. The maximum atomic E-state index is 12.6. The van der Waals surface area contributed by atoms with Gasteiger partial charge in [-0.25, -0.2) is 9.18 Å². The highest BCUT2D eigenvalue weighted by atomic mass is 19.1. The molecule has 0 amide bonds. The molecule has 0 spiro atoms. The maximum absolute atomic E-state index is 12.6. The van der Waals surface area contributed by atoms with E-state index in [0.29, 0.717) is 11.3 Å². The van der Waals surface area contributed by atoms with Crippen molar-refractivity contribution in [3.05, 3.63) is 59.6 Å². The van der Waals surface area contributed by atoms with E-state index in [-0.39, 0.29) is 5.82 Å². The summed E-state index contributed by atoms with van der Waals surface area (Å²) in [6.45, 7) is 0. The summed E-state index contributed by atoms with van der Waals surface area (Å²) in [4.78, 5) is 11.6. The smallest absolute Gasteiger partial charge is 0.343 e. The average molecular weight is 218 g/mol. The van der Waals surface area contributed by atoms with Crippen LogP contribution >= 0.6 is 0 Å². The van der Waals surface area contributed by atoms with Crippen LogP contribution in [-0.4, -0.2) is 5.97 Å². The molecule has 16 heavy (non-hydrogen) atoms. The molecule has 1 aromatic rings. The first-order valence-corrected chi connectivity index (χ1v) is 5.09. The molecule has 1 aliphatic rings. The first-order valence-electron chi connectivity index (χ1n) is 5.09. The number of carbonyl (C=O) groups is 1. The van der Waals surface area contributed by atoms with E-state index in [0.717, 1.165) is 12.8 Å². The van der Waals surface area contributed by atoms with E-state index in [4.69, 9.17) is 4.74 Å². The molecule has 0 saturated carbocycles. The van der Waals surface area contributed by atoms with Crippen LogP contribution in [0.2, 0.25) is 0 Å². The molecule has 0 aliphatic heterocycles. The van der Waals surface area contributed by atoms with Crippen LogP contribution in [0, 0.1) is 5.82 Å². The summed E-state index contributed by atoms with van der Waals surface area (Å²) >= 11 is 0. The van der Waals surface area contributed by atoms with Gasteiger partial charge in [-0.1, -0.05) is 12.2 Å². The molecular weight excluding hydrogens is 207 g/mol. The number of hydrogen-bond donors (Lipinski definition) is 0. The molecule has 2 rings (SSSR count). The van der Waals surface area contributed by atoms with Crippen molar-refractivity contribution >= 4 is 5.97 Å². The summed E-state index contributed by atoms with van der Waals surface area (Å²) < 4.78 is 17.8. The van der Waals surface area contributed by atoms with E-state index < -0.39 is 5.97 Å². The van der Waals surface area contributed by atoms with E-state index in [1.165, 1.54) is 24.3 Å². The van der Waals surface area contributed by atoms with Gasteiger partial charge in [-0.15, -0.1) is 0 Å². The lowest BCUT2D eigenvalue weighted by molar-refractivity contribution is 0.0613. The highest BCUT2D eigenvalue weighted by Crippen LogP contribution is 2.15. The van der Waals surface area contributed by atoms with Crippen LogP contribution in [0.5, 0.6) is 0 Å². The van der Waals surface area contributed by atoms with Crippen molar-refractivity contribution in [2.24, 2.45) is 0 Å². The van der Waals surface area contributed by atoms with Gasteiger partial charge in [0, 0.05) is 6.42 Å². The number of allylic oxidation sites excluding steroid dienone is 4. The fourth-order valence-electron chi connectivity index (χ4n) is 1.43. The van der Waals surface area contributed by atoms with Crippen molar-refractivity contribution < 1.29 is 13.9 Å². The average Bonchev–Trinajstić information content (AvgIpc) is 2.31. The van der Waals surface area contributed by atoms with Gasteiger partial charge in [0.2, 0.25) is 0 Å². The highest BCUT2D eigenvalue weighted by molar-refractivity contribution is 5.90. The molecule has 1 aromatic carbocycles. The molecule has 0 heterocycles. The molecule has 0 atom stereocenters. The van der Waals surface area contributed by atoms with E-state index in [9.17, 15) is 9.18 Å². The minimum Gasteiger partial charge on any atom is -0.427 e. The third-order valence-corrected chi connectivity index (χ3v) is 2.28. The van der Waals surface area contributed by atoms with Crippen LogP contribution in [0.15, 0.2) is 48.3 Å². The van der Waals surface area contributed by atoms with Crippen LogP contribution in [-0.2, 0) is 4.74 Å². The lowest BCUT2D eigenvalue weighted by Crippen LogP contribution is -2.05. The first-order chi connectivity index (χ1) is 7.75. The molecule has 0 fully saturated rings. The Balaban J connectivity index is 2.05. The summed E-state index contributed by atoms with van der Waals surface area (Å²) in [5.41, 5.74) is 0.358. The second kappa shape index (κ2) is 4.75. The van der Waals surface area contributed by atoms with Crippen molar-refractivity contribution in [1.82, 2.24) is 0 Å². The first kappa shape index (κ1) is 10.6. The van der Waals surface area contributed by atoms with E-state index >= 15 is 0 Å². The number of hydrogen-bond acceptors (Lipinski definition) is 2. The van der Waals surface area contributed by atoms with Crippen molar-refractivity contribution in [3.8, 4) is 0 Å². The largest absolute Gasteiger partial charge is 0.427 e. The summed E-state index contributed by atoms with van der Waals surface area (Å²) in [7, 11) is 0. The second-order valence-electron chi connectivity index (χ2n) is 3.50. The molecule has 2 nitrogen and oxygen atoms in total. The highest BCUT2D eigenvalue weighted by Gasteiger charge is 2.10. The Morgan fingerprint density at radius 1 is 1.25 bits per heavy atom. The van der Waals surface area contributed by atoms with Gasteiger partial charge in [0.25, 0.3) is 0 Å². The Labute approximate surface area is 93.0 Å². The minimum atomic E-state index is -0.443. The zero-order valence-electron chi connectivity index (χ0n) is 8.65. The summed E-state index contributed by atoms with van der Waals surface area (Å²) in [6.07, 6.45) is 7.24. The maximum Gasteiger partial charge on any atom is 0.343 e. The van der Waals surface area contributed by atoms with Gasteiger partial charge in [-0.2, -0.15) is 0 Å². The Morgan fingerprint density at radius 2 is 2.00 bits per heavy atom. The predicted molar refractivity (Wildman–Crippen MR) is 58.3 cm³/mol. The monoisotopic (exact) mass is 218 g/mol. The Kier molecular flexibility index (Phi) is 3.15. The van der Waals surface area contributed by atoms with Gasteiger partial charge in [-0.05, 0) is 36.8 Å². The molecule has 0 radical (unpaired) electrons. The lowest BCUT2D eigenvalue weighted by atomic mass is 10.1. The number of halogens is 1. The van der Waals surface area contributed by atoms with E-state index in [1.54, 1.807) is 6.08 Å². The van der Waals surface area contributed by atoms with Crippen LogP contribution in [0.4, 0.5) is 4.39 Å². The molecule has 82 valence electrons. The molecule has 0 bridgehead atoms. The zero-order valence-corrected chi connectivity index (χ0v) is 8.65. The van der Waals surface area contributed by atoms with Gasteiger partial charge >= 0.3 is 5.97 Å². The van der Waals surface area contributed by atoms with Crippen LogP contribution in [0.3, 0.4) is 0 Å². The van der Waals surface area contributed by atoms with Crippen LogP contribution in [0.25, 0.3) is 0 Å². The fourth-order valence-corrected chi connectivity index (χ4v) is 1.43. The van der Waals surface area contributed by atoms with Gasteiger partial charge in [-0.3, -0.25) is 0 Å². The third-order valence-electron chi connectivity index (χ3n) is 2.28. The topological polar surface area (TPSA) is 26.3 Å². The van der Waals surface area contributed by atoms with Crippen molar-refractivity contribution in [3.63, 3.8) is 0 Å². The minimum absolute atomic E-state index is 0.358. The Morgan fingerprint density at radius 3 is 2.62 bits per heavy atom. The summed E-state index contributed by atoms with van der Waals surface area (Å²) in [6, 6.07) is 5.31. The molecule has 0 aromatic heterocycles. The number of ether oxygens (including phenoxy) is 1. The van der Waals surface area contributed by atoms with Crippen molar-refractivity contribution in [2.45, 2.75) is 12.8 Å². The standard InChI is InChI=1S/C13H11FO2/c14-11-8-6-10(7-9-11)13(15)16-12-4-2-1-3-5-12/h1-2,4,6-9H,3,5H2.